The van der Waals surface area contributed by atoms with E-state index in [1.54, 1.807) is 0 Å². The van der Waals surface area contributed by atoms with Gasteiger partial charge in [0, 0.05) is 4.47 Å². The van der Waals surface area contributed by atoms with Gasteiger partial charge in [0.25, 0.3) is 5.91 Å². The number of anilines is 1. The second-order valence-corrected chi connectivity index (χ2v) is 5.31. The Balaban J connectivity index is 2.19. The molecule has 0 fully saturated rings. The van der Waals surface area contributed by atoms with Crippen molar-refractivity contribution < 1.29 is 9.18 Å². The normalized spacial score (nSPS) is 11.9. The van der Waals surface area contributed by atoms with Crippen molar-refractivity contribution in [3.8, 4) is 0 Å². The van der Waals surface area contributed by atoms with Gasteiger partial charge in [0.15, 0.2) is 0 Å². The summed E-state index contributed by atoms with van der Waals surface area (Å²) in [5, 5.41) is 2.85. The number of nitrogens with one attached hydrogen (secondary N) is 1. The quantitative estimate of drug-likeness (QED) is 0.840. The highest BCUT2D eigenvalue weighted by Gasteiger charge is 2.16. The van der Waals surface area contributed by atoms with Crippen molar-refractivity contribution in [1.29, 1.82) is 0 Å². The van der Waals surface area contributed by atoms with Crippen LogP contribution in [0.25, 0.3) is 0 Å². The molecule has 1 amide bonds. The fourth-order valence-corrected chi connectivity index (χ4v) is 2.33. The summed E-state index contributed by atoms with van der Waals surface area (Å²) < 4.78 is 13.6. The number of hydrogen-bond acceptors (Lipinski definition) is 2. The minimum atomic E-state index is -0.551. The third kappa shape index (κ3) is 3.17. The average Bonchev–Trinajstić information content (AvgIpc) is 2.43. The van der Waals surface area contributed by atoms with Gasteiger partial charge < -0.3 is 11.1 Å². The summed E-state index contributed by atoms with van der Waals surface area (Å²) in [6.45, 7) is 1.88. The third-order valence-corrected chi connectivity index (χ3v) is 3.63. The standard InChI is InChI=1S/C15H14BrFN2O/c1-9(10-5-3-2-4-6-10)19-15(20)11-7-14(18)13(17)8-12(11)16/h2-9H,18H2,1H3,(H,19,20). The van der Waals surface area contributed by atoms with Gasteiger partial charge in [0.2, 0.25) is 0 Å². The summed E-state index contributed by atoms with van der Waals surface area (Å²) in [5.41, 5.74) is 6.75. The Kier molecular flexibility index (Phi) is 4.39. The fourth-order valence-electron chi connectivity index (χ4n) is 1.84. The first kappa shape index (κ1) is 14.5. The molecule has 0 heterocycles. The molecule has 0 aliphatic carbocycles. The van der Waals surface area contributed by atoms with Crippen LogP contribution >= 0.6 is 15.9 Å². The molecular formula is C15H14BrFN2O. The molecule has 3 N–H and O–H groups in total. The predicted octanol–water partition coefficient (Wildman–Crippen LogP) is 3.66. The van der Waals surface area contributed by atoms with Crippen molar-refractivity contribution in [1.82, 2.24) is 5.32 Å². The lowest BCUT2D eigenvalue weighted by Gasteiger charge is -2.15. The lowest BCUT2D eigenvalue weighted by Crippen LogP contribution is -2.27. The van der Waals surface area contributed by atoms with Gasteiger partial charge in [0.05, 0.1) is 17.3 Å². The highest BCUT2D eigenvalue weighted by molar-refractivity contribution is 9.10. The van der Waals surface area contributed by atoms with Crippen LogP contribution in [0.3, 0.4) is 0 Å². The minimum Gasteiger partial charge on any atom is -0.396 e. The fraction of sp³-hybridized carbons (Fsp3) is 0.133. The van der Waals surface area contributed by atoms with Crippen molar-refractivity contribution in [3.63, 3.8) is 0 Å². The monoisotopic (exact) mass is 336 g/mol. The van der Waals surface area contributed by atoms with Crippen molar-refractivity contribution in [2.75, 3.05) is 5.73 Å². The maximum Gasteiger partial charge on any atom is 0.252 e. The number of rotatable bonds is 3. The third-order valence-electron chi connectivity index (χ3n) is 2.98. The van der Waals surface area contributed by atoms with Gasteiger partial charge >= 0.3 is 0 Å². The van der Waals surface area contributed by atoms with E-state index in [2.05, 4.69) is 21.2 Å². The van der Waals surface area contributed by atoms with Gasteiger partial charge in [0.1, 0.15) is 5.82 Å². The molecular weight excluding hydrogens is 323 g/mol. The zero-order valence-electron chi connectivity index (χ0n) is 10.9. The molecule has 2 aromatic rings. The molecule has 2 rings (SSSR count). The molecule has 1 atom stereocenters. The van der Waals surface area contributed by atoms with Crippen LogP contribution in [0, 0.1) is 5.82 Å². The SMILES string of the molecule is CC(NC(=O)c1cc(N)c(F)cc1Br)c1ccccc1. The summed E-state index contributed by atoms with van der Waals surface area (Å²) in [4.78, 5) is 12.2. The van der Waals surface area contributed by atoms with Gasteiger partial charge in [-0.3, -0.25) is 4.79 Å². The molecule has 0 aliphatic heterocycles. The van der Waals surface area contributed by atoms with Gasteiger partial charge in [-0.05, 0) is 40.5 Å². The van der Waals surface area contributed by atoms with Crippen LogP contribution in [0.2, 0.25) is 0 Å². The van der Waals surface area contributed by atoms with Crippen molar-refractivity contribution in [2.45, 2.75) is 13.0 Å². The van der Waals surface area contributed by atoms with E-state index in [0.717, 1.165) is 5.56 Å². The van der Waals surface area contributed by atoms with E-state index < -0.39 is 5.82 Å². The first-order valence-electron chi connectivity index (χ1n) is 6.09. The lowest BCUT2D eigenvalue weighted by molar-refractivity contribution is 0.0939. The average molecular weight is 337 g/mol. The predicted molar refractivity (Wildman–Crippen MR) is 80.8 cm³/mol. The van der Waals surface area contributed by atoms with E-state index in [1.165, 1.54) is 12.1 Å². The molecule has 0 radical (unpaired) electrons. The number of nitrogens with two attached hydrogens (primary N) is 1. The number of hydrogen-bond donors (Lipinski definition) is 2. The molecule has 0 aliphatic rings. The molecule has 2 aromatic carbocycles. The molecule has 5 heteroatoms. The summed E-state index contributed by atoms with van der Waals surface area (Å²) in [6.07, 6.45) is 0. The molecule has 20 heavy (non-hydrogen) atoms. The van der Waals surface area contributed by atoms with Gasteiger partial charge in [-0.1, -0.05) is 30.3 Å². The highest BCUT2D eigenvalue weighted by atomic mass is 79.9. The maximum atomic E-state index is 13.3. The van der Waals surface area contributed by atoms with Crippen molar-refractivity contribution in [3.05, 3.63) is 63.9 Å². The van der Waals surface area contributed by atoms with Crippen LogP contribution < -0.4 is 11.1 Å². The van der Waals surface area contributed by atoms with E-state index in [4.69, 9.17) is 5.73 Å². The zero-order valence-corrected chi connectivity index (χ0v) is 12.4. The minimum absolute atomic E-state index is 0.0503. The summed E-state index contributed by atoms with van der Waals surface area (Å²) in [5.74, 6) is -0.857. The van der Waals surface area contributed by atoms with E-state index in [0.29, 0.717) is 10.0 Å². The van der Waals surface area contributed by atoms with Crippen molar-refractivity contribution >= 4 is 27.5 Å². The van der Waals surface area contributed by atoms with E-state index >= 15 is 0 Å². The zero-order chi connectivity index (χ0) is 14.7. The molecule has 0 spiro atoms. The van der Waals surface area contributed by atoms with E-state index in [-0.39, 0.29) is 17.6 Å². The van der Waals surface area contributed by atoms with Crippen LogP contribution in [0.5, 0.6) is 0 Å². The number of halogens is 2. The molecule has 0 aromatic heterocycles. The Hall–Kier alpha value is -1.88. The lowest BCUT2D eigenvalue weighted by atomic mass is 10.1. The molecule has 0 saturated heterocycles. The highest BCUT2D eigenvalue weighted by Crippen LogP contribution is 2.23. The van der Waals surface area contributed by atoms with Crippen LogP contribution in [-0.2, 0) is 0 Å². The number of benzene rings is 2. The van der Waals surface area contributed by atoms with Gasteiger partial charge in [-0.25, -0.2) is 4.39 Å². The smallest absolute Gasteiger partial charge is 0.252 e. The molecule has 104 valence electrons. The van der Waals surface area contributed by atoms with Crippen LogP contribution in [0.1, 0.15) is 28.9 Å². The molecule has 1 unspecified atom stereocenters. The summed E-state index contributed by atoms with van der Waals surface area (Å²) in [7, 11) is 0. The summed E-state index contributed by atoms with van der Waals surface area (Å²) in [6, 6.07) is 12.0. The Morgan fingerprint density at radius 1 is 1.30 bits per heavy atom. The number of carbonyl (C=O) groups excluding carboxylic acids is 1. The Bertz CT molecular complexity index is 631. The van der Waals surface area contributed by atoms with Crippen LogP contribution in [0.15, 0.2) is 46.9 Å². The first-order chi connectivity index (χ1) is 9.49. The Morgan fingerprint density at radius 3 is 2.60 bits per heavy atom. The van der Waals surface area contributed by atoms with Crippen LogP contribution in [-0.4, -0.2) is 5.91 Å². The molecule has 0 saturated carbocycles. The number of carbonyl (C=O) groups is 1. The second-order valence-electron chi connectivity index (χ2n) is 4.46. The topological polar surface area (TPSA) is 55.1 Å². The van der Waals surface area contributed by atoms with E-state index in [9.17, 15) is 9.18 Å². The Labute approximate surface area is 125 Å². The number of amides is 1. The van der Waals surface area contributed by atoms with Crippen LogP contribution in [0.4, 0.5) is 10.1 Å². The van der Waals surface area contributed by atoms with Gasteiger partial charge in [-0.2, -0.15) is 0 Å². The summed E-state index contributed by atoms with van der Waals surface area (Å²) >= 11 is 3.17. The first-order valence-corrected chi connectivity index (χ1v) is 6.88. The van der Waals surface area contributed by atoms with E-state index in [1.807, 2.05) is 37.3 Å². The molecule has 0 bridgehead atoms. The second kappa shape index (κ2) is 6.05. The largest absolute Gasteiger partial charge is 0.396 e. The van der Waals surface area contributed by atoms with Crippen molar-refractivity contribution in [2.24, 2.45) is 0 Å². The maximum absolute atomic E-state index is 13.3. The van der Waals surface area contributed by atoms with Gasteiger partial charge in [-0.15, -0.1) is 0 Å². The number of nitrogen functional groups attached to an aromatic ring is 1. The Morgan fingerprint density at radius 2 is 1.95 bits per heavy atom. The molecule has 3 nitrogen and oxygen atoms in total.